The summed E-state index contributed by atoms with van der Waals surface area (Å²) in [7, 11) is -1.62. The van der Waals surface area contributed by atoms with Crippen LogP contribution in [0.3, 0.4) is 0 Å². The first-order valence-corrected chi connectivity index (χ1v) is 10.2. The minimum atomic E-state index is -1.62. The van der Waals surface area contributed by atoms with Crippen molar-refractivity contribution >= 4 is 25.4 Å². The first-order chi connectivity index (χ1) is 8.84. The van der Waals surface area contributed by atoms with E-state index in [9.17, 15) is 4.79 Å². The molecule has 0 aliphatic heterocycles. The first-order valence-electron chi connectivity index (χ1n) is 6.75. The molecule has 0 spiro atoms. The van der Waals surface area contributed by atoms with Crippen LogP contribution in [-0.4, -0.2) is 19.7 Å². The second kappa shape index (κ2) is 6.66. The van der Waals surface area contributed by atoms with Crippen molar-refractivity contribution in [2.45, 2.75) is 46.3 Å². The van der Waals surface area contributed by atoms with Gasteiger partial charge in [-0.15, -0.1) is 0 Å². The fourth-order valence-electron chi connectivity index (χ4n) is 1.82. The number of anilines is 1. The third kappa shape index (κ3) is 4.99. The Morgan fingerprint density at radius 3 is 2.21 bits per heavy atom. The lowest BCUT2D eigenvalue weighted by molar-refractivity contribution is -0.115. The summed E-state index contributed by atoms with van der Waals surface area (Å²) in [6, 6.07) is 10.2. The van der Waals surface area contributed by atoms with Crippen LogP contribution >= 0.6 is 0 Å². The molecular weight excluding hydrogens is 252 g/mol. The number of hydrogen-bond acceptors (Lipinski definition) is 3. The van der Waals surface area contributed by atoms with Crippen LogP contribution in [0.25, 0.3) is 0 Å². The molecule has 0 aromatic heterocycles. The number of ketones is 1. The molecule has 0 saturated heterocycles. The second-order valence-electron chi connectivity index (χ2n) is 5.72. The zero-order valence-electron chi connectivity index (χ0n) is 12.6. The van der Waals surface area contributed by atoms with Gasteiger partial charge in [0.05, 0.1) is 0 Å². The highest BCUT2D eigenvalue weighted by Crippen LogP contribution is 2.22. The number of hydrogen-bond donors (Lipinski definition) is 0. The predicted octanol–water partition coefficient (Wildman–Crippen LogP) is 4.07. The van der Waals surface area contributed by atoms with Gasteiger partial charge in [0.15, 0.2) is 8.24 Å². The van der Waals surface area contributed by atoms with E-state index in [1.165, 1.54) is 0 Å². The van der Waals surface area contributed by atoms with Crippen molar-refractivity contribution in [2.75, 3.05) is 4.67 Å². The Kier molecular flexibility index (Phi) is 5.48. The predicted molar refractivity (Wildman–Crippen MR) is 85.3 cm³/mol. The number of rotatable bonds is 6. The topological polar surface area (TPSA) is 32.7 Å². The highest BCUT2D eigenvalue weighted by molar-refractivity contribution is 6.79. The lowest BCUT2D eigenvalue weighted by Gasteiger charge is -2.32. The molecule has 19 heavy (non-hydrogen) atoms. The van der Waals surface area contributed by atoms with Gasteiger partial charge >= 0.3 is 0 Å². The smallest absolute Gasteiger partial charge is 0.176 e. The maximum Gasteiger partial charge on any atom is 0.176 e. The lowest BCUT2D eigenvalue weighted by atomic mass is 10.2. The maximum atomic E-state index is 11.3. The van der Waals surface area contributed by atoms with E-state index in [2.05, 4.69) is 43.4 Å². The molecule has 0 amide bonds. The fraction of sp³-hybridized carbons (Fsp3) is 0.467. The summed E-state index contributed by atoms with van der Waals surface area (Å²) in [5.41, 5.74) is 2.06. The quantitative estimate of drug-likeness (QED) is 0.445. The third-order valence-corrected chi connectivity index (χ3v) is 4.37. The van der Waals surface area contributed by atoms with Crippen LogP contribution in [0.4, 0.5) is 5.69 Å². The Morgan fingerprint density at radius 1 is 1.21 bits per heavy atom. The molecule has 0 unspecified atom stereocenters. The van der Waals surface area contributed by atoms with E-state index >= 15 is 0 Å². The standard InChI is InChI=1S/C15H24N2OSi/c1-6-14(12-13(2)18)16-17(19(3,4)5)15-10-8-7-9-11-15/h7-11H,6,12H2,1-5H3/b16-14+. The summed E-state index contributed by atoms with van der Waals surface area (Å²) >= 11 is 0. The van der Waals surface area contributed by atoms with E-state index < -0.39 is 8.24 Å². The average Bonchev–Trinajstić information content (AvgIpc) is 2.33. The normalized spacial score (nSPS) is 12.4. The van der Waals surface area contributed by atoms with Crippen LogP contribution < -0.4 is 4.67 Å². The number of carbonyl (C=O) groups is 1. The van der Waals surface area contributed by atoms with Gasteiger partial charge in [-0.05, 0) is 45.1 Å². The van der Waals surface area contributed by atoms with Gasteiger partial charge in [0.25, 0.3) is 0 Å². The maximum absolute atomic E-state index is 11.3. The van der Waals surface area contributed by atoms with Crippen molar-refractivity contribution in [1.82, 2.24) is 0 Å². The largest absolute Gasteiger partial charge is 0.300 e. The summed E-state index contributed by atoms with van der Waals surface area (Å²) < 4.78 is 2.13. The monoisotopic (exact) mass is 276 g/mol. The number of Topliss-reactive ketones (excluding diaryl/α,β-unsaturated/α-hetero) is 1. The molecule has 0 saturated carbocycles. The number of benzene rings is 1. The average molecular weight is 276 g/mol. The number of hydrazone groups is 1. The van der Waals surface area contributed by atoms with Gasteiger partial charge in [-0.25, -0.2) is 0 Å². The molecule has 0 bridgehead atoms. The molecule has 0 heterocycles. The Morgan fingerprint density at radius 2 is 1.79 bits per heavy atom. The molecule has 3 nitrogen and oxygen atoms in total. The molecule has 0 radical (unpaired) electrons. The molecule has 1 aromatic rings. The van der Waals surface area contributed by atoms with Crippen LogP contribution in [0, 0.1) is 0 Å². The highest BCUT2D eigenvalue weighted by Gasteiger charge is 2.24. The zero-order valence-corrected chi connectivity index (χ0v) is 13.6. The summed E-state index contributed by atoms with van der Waals surface area (Å²) in [6.07, 6.45) is 1.26. The van der Waals surface area contributed by atoms with Crippen LogP contribution in [-0.2, 0) is 4.79 Å². The van der Waals surface area contributed by atoms with Gasteiger partial charge in [0.1, 0.15) is 5.78 Å². The molecule has 4 heteroatoms. The van der Waals surface area contributed by atoms with Gasteiger partial charge in [-0.1, -0.05) is 25.1 Å². The molecule has 0 aliphatic carbocycles. The summed E-state index contributed by atoms with van der Waals surface area (Å²) in [4.78, 5) is 11.3. The Hall–Kier alpha value is -1.42. The molecule has 104 valence electrons. The number of para-hydroxylation sites is 1. The van der Waals surface area contributed by atoms with E-state index in [-0.39, 0.29) is 5.78 Å². The molecular formula is C15H24N2OSi. The lowest BCUT2D eigenvalue weighted by Crippen LogP contribution is -2.43. The van der Waals surface area contributed by atoms with Crippen LogP contribution in [0.1, 0.15) is 26.7 Å². The van der Waals surface area contributed by atoms with E-state index in [1.54, 1.807) is 6.92 Å². The Bertz CT molecular complexity index is 449. The Labute approximate surface area is 117 Å². The van der Waals surface area contributed by atoms with Crippen LogP contribution in [0.15, 0.2) is 35.4 Å². The first kappa shape index (κ1) is 15.6. The molecule has 0 N–H and O–H groups in total. The van der Waals surface area contributed by atoms with Crippen molar-refractivity contribution in [3.63, 3.8) is 0 Å². The Balaban J connectivity index is 3.12. The minimum Gasteiger partial charge on any atom is -0.300 e. The van der Waals surface area contributed by atoms with Crippen molar-refractivity contribution in [3.05, 3.63) is 30.3 Å². The van der Waals surface area contributed by atoms with E-state index in [4.69, 9.17) is 5.10 Å². The van der Waals surface area contributed by atoms with Gasteiger partial charge in [0.2, 0.25) is 0 Å². The van der Waals surface area contributed by atoms with Crippen LogP contribution in [0.2, 0.25) is 19.6 Å². The summed E-state index contributed by atoms with van der Waals surface area (Å²) in [5, 5.41) is 4.77. The third-order valence-electron chi connectivity index (χ3n) is 2.74. The number of carbonyl (C=O) groups excluding carboxylic acids is 1. The van der Waals surface area contributed by atoms with Crippen molar-refractivity contribution < 1.29 is 4.79 Å². The molecule has 0 atom stereocenters. The van der Waals surface area contributed by atoms with E-state index in [0.717, 1.165) is 17.8 Å². The van der Waals surface area contributed by atoms with Gasteiger partial charge in [-0.3, -0.25) is 9.47 Å². The van der Waals surface area contributed by atoms with E-state index in [1.807, 2.05) is 18.2 Å². The summed E-state index contributed by atoms with van der Waals surface area (Å²) in [5.74, 6) is 0.171. The van der Waals surface area contributed by atoms with Gasteiger partial charge < -0.3 is 0 Å². The summed E-state index contributed by atoms with van der Waals surface area (Å²) in [6.45, 7) is 10.4. The fourth-order valence-corrected chi connectivity index (χ4v) is 3.19. The molecule has 0 fully saturated rings. The van der Waals surface area contributed by atoms with Crippen LogP contribution in [0.5, 0.6) is 0 Å². The SMILES string of the molecule is CC/C(CC(C)=O)=N\N(c1ccccc1)[Si](C)(C)C. The minimum absolute atomic E-state index is 0.171. The van der Waals surface area contributed by atoms with Crippen molar-refractivity contribution in [1.29, 1.82) is 0 Å². The molecule has 0 aliphatic rings. The second-order valence-corrected chi connectivity index (χ2v) is 10.5. The van der Waals surface area contributed by atoms with Crippen molar-refractivity contribution in [2.24, 2.45) is 5.10 Å². The highest BCUT2D eigenvalue weighted by atomic mass is 28.3. The van der Waals surface area contributed by atoms with Crippen molar-refractivity contribution in [3.8, 4) is 0 Å². The molecule has 1 aromatic carbocycles. The zero-order chi connectivity index (χ0) is 14.5. The molecule has 1 rings (SSSR count). The number of nitrogens with zero attached hydrogens (tertiary/aromatic N) is 2. The van der Waals surface area contributed by atoms with E-state index in [0.29, 0.717) is 6.42 Å². The van der Waals surface area contributed by atoms with Gasteiger partial charge in [0, 0.05) is 17.8 Å². The van der Waals surface area contributed by atoms with Gasteiger partial charge in [-0.2, -0.15) is 5.10 Å².